The van der Waals surface area contributed by atoms with Crippen LogP contribution in [0.5, 0.6) is 5.75 Å². The molecule has 4 rings (SSSR count). The van der Waals surface area contributed by atoms with Gasteiger partial charge in [-0.05, 0) is 42.2 Å². The Labute approximate surface area is 183 Å². The number of rotatable bonds is 6. The Bertz CT molecular complexity index is 964. The summed E-state index contributed by atoms with van der Waals surface area (Å²) in [4.78, 5) is 26.2. The Hall–Kier alpha value is -3.41. The number of ether oxygens (including phenoxy) is 1. The second kappa shape index (κ2) is 10.1. The molecule has 2 heterocycles. The van der Waals surface area contributed by atoms with E-state index in [-0.39, 0.29) is 11.8 Å². The Morgan fingerprint density at radius 1 is 1.03 bits per heavy atom. The van der Waals surface area contributed by atoms with Crippen LogP contribution in [-0.4, -0.2) is 54.1 Å². The zero-order valence-corrected chi connectivity index (χ0v) is 17.9. The number of aromatic nitrogens is 2. The number of nitrogens with zero attached hydrogens (tertiary/aromatic N) is 4. The van der Waals surface area contributed by atoms with Crippen LogP contribution in [0.25, 0.3) is 0 Å². The summed E-state index contributed by atoms with van der Waals surface area (Å²) in [5.41, 5.74) is 3.15. The van der Waals surface area contributed by atoms with Crippen molar-refractivity contribution in [3.8, 4) is 5.75 Å². The maximum absolute atomic E-state index is 13.2. The van der Waals surface area contributed by atoms with E-state index in [1.807, 2.05) is 41.4 Å². The van der Waals surface area contributed by atoms with Crippen LogP contribution < -0.4 is 9.64 Å². The van der Waals surface area contributed by atoms with Crippen molar-refractivity contribution in [3.05, 3.63) is 84.4 Å². The predicted molar refractivity (Wildman–Crippen MR) is 121 cm³/mol. The molecule has 1 aliphatic rings. The molecule has 0 spiro atoms. The summed E-state index contributed by atoms with van der Waals surface area (Å²) >= 11 is 0. The molecular formula is C25H28N4O2. The molecule has 1 aliphatic heterocycles. The number of para-hydroxylation sites is 1. The van der Waals surface area contributed by atoms with E-state index in [9.17, 15) is 4.79 Å². The Morgan fingerprint density at radius 2 is 1.84 bits per heavy atom. The summed E-state index contributed by atoms with van der Waals surface area (Å²) in [6.45, 7) is 3.12. The van der Waals surface area contributed by atoms with Gasteiger partial charge in [-0.2, -0.15) is 0 Å². The molecule has 3 aromatic rings. The fourth-order valence-electron chi connectivity index (χ4n) is 4.09. The molecule has 0 unspecified atom stereocenters. The van der Waals surface area contributed by atoms with E-state index in [2.05, 4.69) is 39.1 Å². The van der Waals surface area contributed by atoms with Crippen LogP contribution in [0.3, 0.4) is 0 Å². The summed E-state index contributed by atoms with van der Waals surface area (Å²) in [6.07, 6.45) is 6.43. The molecule has 160 valence electrons. The molecule has 1 aromatic heterocycles. The highest BCUT2D eigenvalue weighted by molar-refractivity contribution is 5.79. The quantitative estimate of drug-likeness (QED) is 0.618. The van der Waals surface area contributed by atoms with Gasteiger partial charge in [-0.3, -0.25) is 14.8 Å². The van der Waals surface area contributed by atoms with Crippen LogP contribution in [0.1, 0.15) is 11.3 Å². The molecular weight excluding hydrogens is 388 g/mol. The summed E-state index contributed by atoms with van der Waals surface area (Å²) in [5, 5.41) is 0. The molecule has 2 aromatic carbocycles. The van der Waals surface area contributed by atoms with Gasteiger partial charge >= 0.3 is 0 Å². The van der Waals surface area contributed by atoms with Gasteiger partial charge in [0, 0.05) is 50.5 Å². The lowest BCUT2D eigenvalue weighted by molar-refractivity contribution is -0.130. The summed E-state index contributed by atoms with van der Waals surface area (Å²) in [7, 11) is 1.65. The Balaban J connectivity index is 1.49. The van der Waals surface area contributed by atoms with Crippen LogP contribution in [0.2, 0.25) is 0 Å². The van der Waals surface area contributed by atoms with Gasteiger partial charge in [-0.25, -0.2) is 0 Å². The number of hydrogen-bond donors (Lipinski definition) is 0. The summed E-state index contributed by atoms with van der Waals surface area (Å²) in [6, 6.07) is 18.1. The topological polar surface area (TPSA) is 58.6 Å². The van der Waals surface area contributed by atoms with Crippen molar-refractivity contribution in [3.63, 3.8) is 0 Å². The average molecular weight is 417 g/mol. The molecule has 0 bridgehead atoms. The zero-order chi connectivity index (χ0) is 21.5. The van der Waals surface area contributed by atoms with Crippen LogP contribution in [0.4, 0.5) is 5.69 Å². The van der Waals surface area contributed by atoms with Gasteiger partial charge < -0.3 is 14.5 Å². The van der Waals surface area contributed by atoms with Crippen LogP contribution in [0, 0.1) is 5.92 Å². The fourth-order valence-corrected chi connectivity index (χ4v) is 4.09. The van der Waals surface area contributed by atoms with Crippen molar-refractivity contribution < 1.29 is 9.53 Å². The lowest BCUT2D eigenvalue weighted by atomic mass is 10.0. The molecule has 6 nitrogen and oxygen atoms in total. The van der Waals surface area contributed by atoms with Crippen molar-refractivity contribution in [2.45, 2.75) is 12.8 Å². The highest BCUT2D eigenvalue weighted by atomic mass is 16.5. The lowest BCUT2D eigenvalue weighted by Crippen LogP contribution is -2.37. The first-order valence-corrected chi connectivity index (χ1v) is 10.7. The number of amides is 1. The van der Waals surface area contributed by atoms with Crippen LogP contribution >= 0.6 is 0 Å². The molecule has 6 heteroatoms. The van der Waals surface area contributed by atoms with Gasteiger partial charge in [-0.1, -0.05) is 30.3 Å². The van der Waals surface area contributed by atoms with E-state index < -0.39 is 0 Å². The minimum absolute atomic E-state index is 0.157. The van der Waals surface area contributed by atoms with E-state index in [4.69, 9.17) is 4.74 Å². The first-order valence-electron chi connectivity index (χ1n) is 10.7. The van der Waals surface area contributed by atoms with Gasteiger partial charge in [0.25, 0.3) is 0 Å². The van der Waals surface area contributed by atoms with Gasteiger partial charge in [0.05, 0.1) is 19.2 Å². The van der Waals surface area contributed by atoms with Gasteiger partial charge in [0.2, 0.25) is 5.91 Å². The lowest BCUT2D eigenvalue weighted by Gasteiger charge is -2.25. The van der Waals surface area contributed by atoms with E-state index in [0.717, 1.165) is 43.1 Å². The van der Waals surface area contributed by atoms with Crippen molar-refractivity contribution in [1.29, 1.82) is 0 Å². The third kappa shape index (κ3) is 5.60. The maximum Gasteiger partial charge on any atom is 0.227 e. The van der Waals surface area contributed by atoms with Gasteiger partial charge in [-0.15, -0.1) is 0 Å². The van der Waals surface area contributed by atoms with Gasteiger partial charge in [0.15, 0.2) is 0 Å². The average Bonchev–Trinajstić information content (AvgIpc) is 3.04. The fraction of sp³-hybridized carbons (Fsp3) is 0.320. The third-order valence-corrected chi connectivity index (χ3v) is 5.70. The van der Waals surface area contributed by atoms with E-state index in [1.165, 1.54) is 5.69 Å². The largest absolute Gasteiger partial charge is 0.497 e. The maximum atomic E-state index is 13.2. The van der Waals surface area contributed by atoms with Crippen LogP contribution in [-0.2, 0) is 17.6 Å². The van der Waals surface area contributed by atoms with Crippen molar-refractivity contribution >= 4 is 11.6 Å². The minimum Gasteiger partial charge on any atom is -0.497 e. The second-order valence-electron chi connectivity index (χ2n) is 7.91. The Kier molecular flexibility index (Phi) is 6.77. The third-order valence-electron chi connectivity index (χ3n) is 5.70. The zero-order valence-electron chi connectivity index (χ0n) is 17.9. The number of benzene rings is 2. The first-order chi connectivity index (χ1) is 15.2. The number of carbonyl (C=O) groups is 1. The Morgan fingerprint density at radius 3 is 2.55 bits per heavy atom. The highest BCUT2D eigenvalue weighted by Gasteiger charge is 2.26. The molecule has 1 atom stereocenters. The van der Waals surface area contributed by atoms with E-state index in [1.54, 1.807) is 19.5 Å². The second-order valence-corrected chi connectivity index (χ2v) is 7.91. The molecule has 0 radical (unpaired) electrons. The standard InChI is InChI=1S/C25H28N4O2/c1-31-24-9-7-20(8-10-24)16-25(30)29-14-13-28(23-5-3-2-4-6-23)18-21(19-29)15-22-17-26-11-12-27-22/h2-12,17,21H,13-16,18-19H2,1H3/t21-/m0/s1. The minimum atomic E-state index is 0.157. The van der Waals surface area contributed by atoms with Gasteiger partial charge in [0.1, 0.15) is 5.75 Å². The molecule has 1 fully saturated rings. The first kappa shape index (κ1) is 20.8. The predicted octanol–water partition coefficient (Wildman–Crippen LogP) is 3.24. The molecule has 0 aliphatic carbocycles. The van der Waals surface area contributed by atoms with E-state index >= 15 is 0 Å². The molecule has 0 N–H and O–H groups in total. The summed E-state index contributed by atoms with van der Waals surface area (Å²) in [5.74, 6) is 1.23. The smallest absolute Gasteiger partial charge is 0.227 e. The number of carbonyl (C=O) groups excluding carboxylic acids is 1. The van der Waals surface area contributed by atoms with Crippen molar-refractivity contribution in [2.24, 2.45) is 5.92 Å². The monoisotopic (exact) mass is 416 g/mol. The number of methoxy groups -OCH3 is 1. The number of hydrogen-bond acceptors (Lipinski definition) is 5. The molecule has 1 amide bonds. The van der Waals surface area contributed by atoms with Crippen molar-refractivity contribution in [1.82, 2.24) is 14.9 Å². The van der Waals surface area contributed by atoms with Crippen LogP contribution in [0.15, 0.2) is 73.2 Å². The molecule has 0 saturated carbocycles. The van der Waals surface area contributed by atoms with Crippen molar-refractivity contribution in [2.75, 3.05) is 38.2 Å². The molecule has 1 saturated heterocycles. The number of anilines is 1. The SMILES string of the molecule is COc1ccc(CC(=O)N2CCN(c3ccccc3)C[C@H](Cc3cnccn3)C2)cc1. The highest BCUT2D eigenvalue weighted by Crippen LogP contribution is 2.21. The van der Waals surface area contributed by atoms with E-state index in [0.29, 0.717) is 13.0 Å². The normalized spacial score (nSPS) is 16.6. The molecule has 31 heavy (non-hydrogen) atoms. The summed E-state index contributed by atoms with van der Waals surface area (Å²) < 4.78 is 5.22.